The molecule has 0 unspecified atom stereocenters. The van der Waals surface area contributed by atoms with Crippen molar-refractivity contribution in [2.24, 2.45) is 10.2 Å². The van der Waals surface area contributed by atoms with Crippen LogP contribution in [0.15, 0.2) is 38.0 Å². The quantitative estimate of drug-likeness (QED) is 0.538. The number of rotatable bonds is 4. The maximum atomic E-state index is 11.4. The van der Waals surface area contributed by atoms with Gasteiger partial charge in [0.25, 0.3) is 5.56 Å². The molecule has 1 aromatic heterocycles. The largest absolute Gasteiger partial charge is 0.545 e. The number of carboxylic acid groups (broad SMARTS) is 2. The third-order valence-corrected chi connectivity index (χ3v) is 2.55. The average Bonchev–Trinajstić information content (AvgIpc) is 2.45. The number of hydrogen-bond donors (Lipinski definition) is 3. The van der Waals surface area contributed by atoms with E-state index in [1.165, 1.54) is 0 Å². The molecule has 1 aromatic carbocycles. The zero-order chi connectivity index (χ0) is 17.1. The molecule has 118 valence electrons. The van der Waals surface area contributed by atoms with Gasteiger partial charge >= 0.3 is 5.69 Å². The summed E-state index contributed by atoms with van der Waals surface area (Å²) in [7, 11) is 0. The second-order valence-corrected chi connectivity index (χ2v) is 4.15. The van der Waals surface area contributed by atoms with Crippen LogP contribution in [0.2, 0.25) is 0 Å². The first kappa shape index (κ1) is 15.6. The number of aromatic nitrogens is 2. The Morgan fingerprint density at radius 2 is 1.52 bits per heavy atom. The van der Waals surface area contributed by atoms with Crippen molar-refractivity contribution in [1.82, 2.24) is 9.97 Å². The Morgan fingerprint density at radius 3 is 2.00 bits per heavy atom. The Bertz CT molecular complexity index is 909. The molecule has 0 spiro atoms. The topological polar surface area (TPSA) is 191 Å². The highest BCUT2D eigenvalue weighted by Crippen LogP contribution is 2.22. The number of aromatic amines is 2. The summed E-state index contributed by atoms with van der Waals surface area (Å²) >= 11 is 0. The summed E-state index contributed by atoms with van der Waals surface area (Å²) in [4.78, 5) is 47.6. The molecule has 3 N–H and O–H groups in total. The van der Waals surface area contributed by atoms with Gasteiger partial charge in [-0.25, -0.2) is 4.79 Å². The van der Waals surface area contributed by atoms with E-state index in [4.69, 9.17) is 0 Å². The molecule has 11 heteroatoms. The second kappa shape index (κ2) is 5.93. The van der Waals surface area contributed by atoms with Crippen LogP contribution < -0.4 is 21.5 Å². The van der Waals surface area contributed by atoms with Crippen molar-refractivity contribution in [2.75, 3.05) is 0 Å². The van der Waals surface area contributed by atoms with Gasteiger partial charge in [0.2, 0.25) is 11.6 Å². The third kappa shape index (κ3) is 3.47. The fraction of sp³-hybridized carbons (Fsp3) is 0. The van der Waals surface area contributed by atoms with Crippen LogP contribution in [0.5, 0.6) is 5.88 Å². The van der Waals surface area contributed by atoms with Gasteiger partial charge in [0.05, 0.1) is 17.6 Å². The summed E-state index contributed by atoms with van der Waals surface area (Å²) in [6.07, 6.45) is 0. The molecule has 0 amide bonds. The van der Waals surface area contributed by atoms with E-state index in [0.717, 1.165) is 18.2 Å². The summed E-state index contributed by atoms with van der Waals surface area (Å²) < 4.78 is 0. The molecule has 2 aromatic rings. The van der Waals surface area contributed by atoms with Crippen LogP contribution in [0.1, 0.15) is 20.7 Å². The molecule has 0 radical (unpaired) electrons. The summed E-state index contributed by atoms with van der Waals surface area (Å²) in [5, 5.41) is 37.8. The Morgan fingerprint density at radius 1 is 0.957 bits per heavy atom. The third-order valence-electron chi connectivity index (χ3n) is 2.55. The predicted molar refractivity (Wildman–Crippen MR) is 68.6 cm³/mol. The molecule has 0 aliphatic rings. The highest BCUT2D eigenvalue weighted by molar-refractivity contribution is 5.93. The zero-order valence-corrected chi connectivity index (χ0v) is 11.0. The number of aromatic hydroxyl groups is 1. The molecular formula is C12H6N4O7-2. The summed E-state index contributed by atoms with van der Waals surface area (Å²) in [6.45, 7) is 0. The van der Waals surface area contributed by atoms with E-state index < -0.39 is 45.9 Å². The fourth-order valence-corrected chi connectivity index (χ4v) is 1.57. The molecule has 1 heterocycles. The smallest absolute Gasteiger partial charge is 0.328 e. The molecule has 11 nitrogen and oxygen atoms in total. The molecule has 0 atom stereocenters. The van der Waals surface area contributed by atoms with Crippen molar-refractivity contribution in [3.05, 3.63) is 50.2 Å². The van der Waals surface area contributed by atoms with Crippen LogP contribution in [0, 0.1) is 0 Å². The number of nitrogens with one attached hydrogen (secondary N) is 2. The van der Waals surface area contributed by atoms with E-state index in [0.29, 0.717) is 0 Å². The van der Waals surface area contributed by atoms with Crippen molar-refractivity contribution >= 4 is 23.3 Å². The standard InChI is InChI=1S/C12H8N4O7/c17-8-7(9(18)14-12(23)13-8)16-15-6-2-4(10(19)20)1-5(3-6)11(21)22/h1-3H,(H,19,20)(H,21,22)(H3,13,14,17,18,23)/p-2. The van der Waals surface area contributed by atoms with Gasteiger partial charge in [0, 0.05) is 11.1 Å². The molecule has 0 bridgehead atoms. The van der Waals surface area contributed by atoms with Crippen molar-refractivity contribution < 1.29 is 24.9 Å². The lowest BCUT2D eigenvalue weighted by Gasteiger charge is -2.08. The lowest BCUT2D eigenvalue weighted by atomic mass is 10.1. The van der Waals surface area contributed by atoms with Crippen molar-refractivity contribution in [2.45, 2.75) is 0 Å². The Labute approximate surface area is 125 Å². The number of azo groups is 1. The van der Waals surface area contributed by atoms with Crippen LogP contribution in [0.3, 0.4) is 0 Å². The van der Waals surface area contributed by atoms with Crippen LogP contribution in [-0.4, -0.2) is 27.0 Å². The fourth-order valence-electron chi connectivity index (χ4n) is 1.57. The van der Waals surface area contributed by atoms with E-state index in [2.05, 4.69) is 10.2 Å². The first-order chi connectivity index (χ1) is 10.8. The molecule has 2 rings (SSSR count). The highest BCUT2D eigenvalue weighted by atomic mass is 16.4. The molecule has 0 fully saturated rings. The number of carbonyl (C=O) groups is 2. The summed E-state index contributed by atoms with van der Waals surface area (Å²) in [6, 6.07) is 2.67. The first-order valence-corrected chi connectivity index (χ1v) is 5.83. The minimum absolute atomic E-state index is 0.254. The SMILES string of the molecule is O=C([O-])c1cc(N=Nc2c(O)[nH]c(=O)[nH]c2=O)cc(C(=O)[O-])c1. The number of hydrogen-bond acceptors (Lipinski definition) is 9. The molecule has 0 aliphatic carbocycles. The molecule has 0 aliphatic heterocycles. The maximum absolute atomic E-state index is 11.4. The number of H-pyrrole nitrogens is 2. The number of carbonyl (C=O) groups excluding carboxylic acids is 2. The average molecular weight is 318 g/mol. The van der Waals surface area contributed by atoms with Crippen molar-refractivity contribution in [1.29, 1.82) is 0 Å². The minimum atomic E-state index is -1.66. The van der Waals surface area contributed by atoms with Gasteiger partial charge in [-0.1, -0.05) is 0 Å². The van der Waals surface area contributed by atoms with Crippen LogP contribution in [0.25, 0.3) is 0 Å². The van der Waals surface area contributed by atoms with Crippen molar-refractivity contribution in [3.63, 3.8) is 0 Å². The summed E-state index contributed by atoms with van der Waals surface area (Å²) in [5.41, 5.74) is -3.93. The number of nitrogens with zero attached hydrogens (tertiary/aromatic N) is 2. The van der Waals surface area contributed by atoms with Gasteiger partial charge in [-0.2, -0.15) is 5.11 Å². The second-order valence-electron chi connectivity index (χ2n) is 4.15. The first-order valence-electron chi connectivity index (χ1n) is 5.83. The molecular weight excluding hydrogens is 312 g/mol. The summed E-state index contributed by atoms with van der Waals surface area (Å²) in [5.74, 6) is -4.18. The molecule has 0 saturated carbocycles. The van der Waals surface area contributed by atoms with E-state index >= 15 is 0 Å². The van der Waals surface area contributed by atoms with Gasteiger partial charge in [0.15, 0.2) is 0 Å². The van der Waals surface area contributed by atoms with E-state index in [1.54, 1.807) is 4.98 Å². The number of aromatic carboxylic acids is 2. The zero-order valence-electron chi connectivity index (χ0n) is 11.0. The number of carboxylic acids is 2. The predicted octanol–water partition coefficient (Wildman–Crippen LogP) is -2.09. The highest BCUT2D eigenvalue weighted by Gasteiger charge is 2.08. The Hall–Kier alpha value is -3.76. The van der Waals surface area contributed by atoms with E-state index in [-0.39, 0.29) is 5.69 Å². The maximum Gasteiger partial charge on any atom is 0.328 e. The van der Waals surface area contributed by atoms with Crippen LogP contribution in [-0.2, 0) is 0 Å². The van der Waals surface area contributed by atoms with E-state index in [9.17, 15) is 34.5 Å². The van der Waals surface area contributed by atoms with E-state index in [1.807, 2.05) is 4.98 Å². The van der Waals surface area contributed by atoms with Crippen molar-refractivity contribution in [3.8, 4) is 5.88 Å². The molecule has 0 saturated heterocycles. The lowest BCUT2D eigenvalue weighted by molar-refractivity contribution is -0.255. The van der Waals surface area contributed by atoms with Gasteiger partial charge in [-0.05, 0) is 18.2 Å². The lowest BCUT2D eigenvalue weighted by Crippen LogP contribution is -2.25. The van der Waals surface area contributed by atoms with Crippen LogP contribution >= 0.6 is 0 Å². The number of benzene rings is 1. The van der Waals surface area contributed by atoms with Gasteiger partial charge in [-0.3, -0.25) is 14.8 Å². The van der Waals surface area contributed by atoms with Gasteiger partial charge in [-0.15, -0.1) is 5.11 Å². The van der Waals surface area contributed by atoms with Gasteiger partial charge in [0.1, 0.15) is 0 Å². The van der Waals surface area contributed by atoms with Gasteiger partial charge < -0.3 is 24.9 Å². The minimum Gasteiger partial charge on any atom is -0.545 e. The monoisotopic (exact) mass is 318 g/mol. The normalized spacial score (nSPS) is 10.8. The van der Waals surface area contributed by atoms with Crippen LogP contribution in [0.4, 0.5) is 11.4 Å². The Balaban J connectivity index is 2.52. The molecule has 23 heavy (non-hydrogen) atoms. The Kier molecular flexibility index (Phi) is 4.03.